The second-order valence-corrected chi connectivity index (χ2v) is 7.32. The molecule has 7 nitrogen and oxygen atoms in total. The molecule has 4 rings (SSSR count). The molecule has 1 aliphatic carbocycles. The molecular weight excluding hydrogens is 326 g/mol. The van der Waals surface area contributed by atoms with Gasteiger partial charge in [0, 0.05) is 23.9 Å². The van der Waals surface area contributed by atoms with Gasteiger partial charge in [-0.3, -0.25) is 14.6 Å². The Morgan fingerprint density at radius 2 is 2.25 bits per heavy atom. The van der Waals surface area contributed by atoms with E-state index in [1.165, 1.54) is 11.3 Å². The first-order valence-corrected chi connectivity index (χ1v) is 8.73. The number of hydrogen-bond donors (Lipinski definition) is 2. The van der Waals surface area contributed by atoms with Crippen molar-refractivity contribution < 1.29 is 14.0 Å². The fourth-order valence-electron chi connectivity index (χ4n) is 2.50. The summed E-state index contributed by atoms with van der Waals surface area (Å²) in [6, 6.07) is 4.27. The summed E-state index contributed by atoms with van der Waals surface area (Å²) in [5, 5.41) is 7.43. The van der Waals surface area contributed by atoms with Gasteiger partial charge in [0.25, 0.3) is 12.1 Å². The number of fused-ring (bicyclic) bond motifs is 1. The fraction of sp³-hybridized carbons (Fsp3) is 0.375. The van der Waals surface area contributed by atoms with Crippen molar-refractivity contribution in [2.45, 2.75) is 38.6 Å². The van der Waals surface area contributed by atoms with Crippen LogP contribution in [0.4, 0.5) is 11.6 Å². The molecule has 24 heavy (non-hydrogen) atoms. The Hall–Kier alpha value is -2.48. The largest absolute Gasteiger partial charge is 0.397 e. The normalized spacial score (nSPS) is 14.5. The molecule has 0 aromatic carbocycles. The average molecular weight is 344 g/mol. The van der Waals surface area contributed by atoms with Gasteiger partial charge >= 0.3 is 5.88 Å². The van der Waals surface area contributed by atoms with E-state index in [9.17, 15) is 4.79 Å². The van der Waals surface area contributed by atoms with E-state index in [2.05, 4.69) is 29.4 Å². The Kier molecular flexibility index (Phi) is 3.49. The van der Waals surface area contributed by atoms with Crippen LogP contribution in [-0.4, -0.2) is 16.2 Å². The van der Waals surface area contributed by atoms with Crippen LogP contribution in [0.25, 0.3) is 10.2 Å². The molecule has 3 aromatic rings. The molecule has 8 heteroatoms. The van der Waals surface area contributed by atoms with E-state index in [1.54, 1.807) is 10.9 Å². The molecule has 124 valence electrons. The van der Waals surface area contributed by atoms with Crippen LogP contribution in [0.15, 0.2) is 22.9 Å². The van der Waals surface area contributed by atoms with E-state index >= 15 is 0 Å². The van der Waals surface area contributed by atoms with Gasteiger partial charge in [-0.15, -0.1) is 11.3 Å². The first kappa shape index (κ1) is 15.1. The number of nitrogen functional groups attached to an aromatic ring is 1. The van der Waals surface area contributed by atoms with Crippen molar-refractivity contribution in [1.29, 1.82) is 0 Å². The summed E-state index contributed by atoms with van der Waals surface area (Å²) >= 11 is 1.29. The summed E-state index contributed by atoms with van der Waals surface area (Å²) in [5.74, 6) is 0.336. The lowest BCUT2D eigenvalue weighted by molar-refractivity contribution is -0.765. The lowest BCUT2D eigenvalue weighted by Crippen LogP contribution is -2.32. The van der Waals surface area contributed by atoms with E-state index in [-0.39, 0.29) is 5.91 Å². The molecule has 0 spiro atoms. The standard InChI is InChI=1S/C16H17N5O2S/c1-8(2)11-6-5-10-13(17)14(24-16(10)18-11)15(22)19-12-7-21(20-23-12)9-3-4-9/h5-9H,3-4H2,1-2H3,(H2-,17,19,20,22)/p+1. The highest BCUT2D eigenvalue weighted by Gasteiger charge is 2.36. The van der Waals surface area contributed by atoms with Crippen LogP contribution in [0.3, 0.4) is 0 Å². The minimum Gasteiger partial charge on any atom is -0.397 e. The average Bonchev–Trinajstić information content (AvgIpc) is 3.22. The molecule has 1 amide bonds. The van der Waals surface area contributed by atoms with Gasteiger partial charge < -0.3 is 5.73 Å². The number of nitrogens with two attached hydrogens (primary N) is 1. The molecule has 0 radical (unpaired) electrons. The zero-order chi connectivity index (χ0) is 16.8. The quantitative estimate of drug-likeness (QED) is 0.709. The molecule has 3 heterocycles. The number of pyridine rings is 1. The molecule has 3 aromatic heterocycles. The predicted octanol–water partition coefficient (Wildman–Crippen LogP) is 2.86. The Bertz CT molecular complexity index is 926. The van der Waals surface area contributed by atoms with Crippen molar-refractivity contribution in [3.63, 3.8) is 0 Å². The second kappa shape index (κ2) is 5.55. The van der Waals surface area contributed by atoms with E-state index in [1.807, 2.05) is 12.1 Å². The van der Waals surface area contributed by atoms with E-state index in [0.717, 1.165) is 28.8 Å². The van der Waals surface area contributed by atoms with Crippen molar-refractivity contribution in [3.05, 3.63) is 28.9 Å². The third kappa shape index (κ3) is 2.62. The van der Waals surface area contributed by atoms with Crippen molar-refractivity contribution in [1.82, 2.24) is 10.3 Å². The number of hydrogen-bond acceptors (Lipinski definition) is 6. The molecule has 0 bridgehead atoms. The zero-order valence-electron chi connectivity index (χ0n) is 13.4. The van der Waals surface area contributed by atoms with Gasteiger partial charge in [0.15, 0.2) is 6.04 Å². The summed E-state index contributed by atoms with van der Waals surface area (Å²) in [7, 11) is 0. The number of aromatic nitrogens is 3. The summed E-state index contributed by atoms with van der Waals surface area (Å²) in [6.07, 6.45) is 3.89. The number of anilines is 2. The number of carbonyl (C=O) groups excluding carboxylic acids is 1. The first-order chi connectivity index (χ1) is 11.5. The van der Waals surface area contributed by atoms with Crippen LogP contribution in [0.1, 0.15) is 54.0 Å². The minimum absolute atomic E-state index is 0.305. The number of thiophene rings is 1. The SMILES string of the molecule is CC(C)c1ccc2c(N)c(C(=O)Nc3c[n+](C4CC4)no3)sc2n1. The van der Waals surface area contributed by atoms with Gasteiger partial charge in [-0.1, -0.05) is 13.8 Å². The van der Waals surface area contributed by atoms with Crippen LogP contribution < -0.4 is 15.7 Å². The molecule has 1 fully saturated rings. The highest BCUT2D eigenvalue weighted by atomic mass is 32.1. The Morgan fingerprint density at radius 3 is 2.96 bits per heavy atom. The van der Waals surface area contributed by atoms with Crippen LogP contribution >= 0.6 is 11.3 Å². The Morgan fingerprint density at radius 1 is 1.46 bits per heavy atom. The summed E-state index contributed by atoms with van der Waals surface area (Å²) in [6.45, 7) is 4.16. The van der Waals surface area contributed by atoms with Gasteiger partial charge in [-0.2, -0.15) is 0 Å². The van der Waals surface area contributed by atoms with Gasteiger partial charge in [-0.05, 0) is 22.7 Å². The van der Waals surface area contributed by atoms with Crippen molar-refractivity contribution in [3.8, 4) is 0 Å². The van der Waals surface area contributed by atoms with Crippen LogP contribution in [0.5, 0.6) is 0 Å². The van der Waals surface area contributed by atoms with Gasteiger partial charge in [0.2, 0.25) is 5.27 Å². The number of nitrogens with one attached hydrogen (secondary N) is 1. The maximum Gasteiger partial charge on any atom is 0.302 e. The molecule has 3 N–H and O–H groups in total. The van der Waals surface area contributed by atoms with Crippen LogP contribution in [0, 0.1) is 0 Å². The molecule has 0 unspecified atom stereocenters. The van der Waals surface area contributed by atoms with Gasteiger partial charge in [0.05, 0.1) is 5.69 Å². The molecular formula is C16H18N5O2S+. The molecule has 1 saturated carbocycles. The van der Waals surface area contributed by atoms with Crippen molar-refractivity contribution >= 4 is 39.0 Å². The summed E-state index contributed by atoms with van der Waals surface area (Å²) < 4.78 is 6.89. The molecule has 0 atom stereocenters. The highest BCUT2D eigenvalue weighted by Crippen LogP contribution is 2.34. The molecule has 0 saturated heterocycles. The highest BCUT2D eigenvalue weighted by molar-refractivity contribution is 7.21. The molecule has 1 aliphatic rings. The van der Waals surface area contributed by atoms with E-state index in [4.69, 9.17) is 10.3 Å². The van der Waals surface area contributed by atoms with Crippen molar-refractivity contribution in [2.24, 2.45) is 0 Å². The Balaban J connectivity index is 1.61. The first-order valence-electron chi connectivity index (χ1n) is 7.91. The lowest BCUT2D eigenvalue weighted by atomic mass is 10.1. The maximum absolute atomic E-state index is 12.5. The topological polar surface area (TPSA) is 97.9 Å². The number of carbonyl (C=O) groups is 1. The number of nitrogens with zero attached hydrogens (tertiary/aromatic N) is 3. The predicted molar refractivity (Wildman–Crippen MR) is 91.0 cm³/mol. The molecule has 0 aliphatic heterocycles. The van der Waals surface area contributed by atoms with Gasteiger partial charge in [-0.25, -0.2) is 4.98 Å². The summed E-state index contributed by atoms with van der Waals surface area (Å²) in [5.41, 5.74) is 7.57. The third-order valence-electron chi connectivity index (χ3n) is 4.05. The van der Waals surface area contributed by atoms with Crippen LogP contribution in [-0.2, 0) is 0 Å². The van der Waals surface area contributed by atoms with E-state index in [0.29, 0.717) is 28.4 Å². The lowest BCUT2D eigenvalue weighted by Gasteiger charge is -2.02. The van der Waals surface area contributed by atoms with Crippen LogP contribution in [0.2, 0.25) is 0 Å². The monoisotopic (exact) mass is 344 g/mol. The minimum atomic E-state index is -0.305. The smallest absolute Gasteiger partial charge is 0.302 e. The maximum atomic E-state index is 12.5. The van der Waals surface area contributed by atoms with Gasteiger partial charge in [0.1, 0.15) is 9.71 Å². The number of amides is 1. The van der Waals surface area contributed by atoms with E-state index < -0.39 is 0 Å². The number of rotatable bonds is 4. The van der Waals surface area contributed by atoms with Crippen molar-refractivity contribution in [2.75, 3.05) is 11.1 Å². The summed E-state index contributed by atoms with van der Waals surface area (Å²) in [4.78, 5) is 18.3. The second-order valence-electron chi connectivity index (χ2n) is 6.32. The third-order valence-corrected chi connectivity index (χ3v) is 5.17. The fourth-order valence-corrected chi connectivity index (χ4v) is 3.49. The Labute approximate surface area is 142 Å². The zero-order valence-corrected chi connectivity index (χ0v) is 14.3.